The van der Waals surface area contributed by atoms with Crippen molar-refractivity contribution in [2.24, 2.45) is 23.7 Å². The number of imide groups is 1. The molecule has 2 amide bonds. The Morgan fingerprint density at radius 2 is 1.62 bits per heavy atom. The third kappa shape index (κ3) is 1.54. The minimum atomic E-state index is -1.12. The normalized spacial score (nSPS) is 33.6. The smallest absolute Gasteiger partial charge is 0.337 e. The molecule has 3 fully saturated rings. The molecule has 2 aliphatic carbocycles. The maximum absolute atomic E-state index is 12.7. The van der Waals surface area contributed by atoms with Crippen LogP contribution in [-0.2, 0) is 9.59 Å². The standard InChI is InChI=1S/C16H15NO4/c18-14-12-8-5-6-9(7-8)13(12)15(19)17(14)11-4-2-1-3-10(11)16(20)21/h1-4,8-9,12-13H,5-7H2,(H,20,21)/t8-,9-,12+,13+/m0/s1. The van der Waals surface area contributed by atoms with Crippen molar-refractivity contribution < 1.29 is 19.5 Å². The molecule has 2 saturated carbocycles. The van der Waals surface area contributed by atoms with E-state index in [0.717, 1.165) is 24.2 Å². The summed E-state index contributed by atoms with van der Waals surface area (Å²) < 4.78 is 0. The SMILES string of the molecule is O=C(O)c1ccccc1N1C(=O)[C@@H]2[C@H]3CC[C@@H](C3)[C@H]2C1=O. The molecular weight excluding hydrogens is 270 g/mol. The molecule has 108 valence electrons. The molecule has 1 saturated heterocycles. The Labute approximate surface area is 121 Å². The molecule has 0 radical (unpaired) electrons. The fourth-order valence-electron chi connectivity index (χ4n) is 4.50. The van der Waals surface area contributed by atoms with Gasteiger partial charge in [-0.05, 0) is 43.2 Å². The minimum absolute atomic E-state index is 0.00604. The van der Waals surface area contributed by atoms with Gasteiger partial charge in [0.2, 0.25) is 11.8 Å². The van der Waals surface area contributed by atoms with Crippen LogP contribution in [0.4, 0.5) is 5.69 Å². The van der Waals surface area contributed by atoms with Gasteiger partial charge in [-0.15, -0.1) is 0 Å². The van der Waals surface area contributed by atoms with Crippen LogP contribution in [0.5, 0.6) is 0 Å². The predicted octanol–water partition coefficient (Wildman–Crippen LogP) is 1.92. The molecule has 0 spiro atoms. The zero-order valence-electron chi connectivity index (χ0n) is 11.4. The number of benzene rings is 1. The van der Waals surface area contributed by atoms with Crippen molar-refractivity contribution in [1.29, 1.82) is 0 Å². The number of fused-ring (bicyclic) bond motifs is 5. The molecule has 1 aromatic carbocycles. The van der Waals surface area contributed by atoms with Crippen molar-refractivity contribution in [3.63, 3.8) is 0 Å². The molecule has 5 nitrogen and oxygen atoms in total. The highest BCUT2D eigenvalue weighted by atomic mass is 16.4. The number of carboxylic acid groups (broad SMARTS) is 1. The van der Waals surface area contributed by atoms with E-state index in [1.54, 1.807) is 18.2 Å². The quantitative estimate of drug-likeness (QED) is 0.842. The Morgan fingerprint density at radius 1 is 1.05 bits per heavy atom. The molecule has 4 rings (SSSR count). The van der Waals surface area contributed by atoms with Crippen LogP contribution < -0.4 is 4.90 Å². The topological polar surface area (TPSA) is 74.7 Å². The molecule has 1 heterocycles. The van der Waals surface area contributed by atoms with Gasteiger partial charge in [-0.1, -0.05) is 12.1 Å². The summed E-state index contributed by atoms with van der Waals surface area (Å²) in [4.78, 5) is 37.8. The number of carbonyl (C=O) groups excluding carboxylic acids is 2. The van der Waals surface area contributed by atoms with E-state index in [1.165, 1.54) is 6.07 Å². The summed E-state index contributed by atoms with van der Waals surface area (Å²) >= 11 is 0. The Kier molecular flexibility index (Phi) is 2.49. The van der Waals surface area contributed by atoms with Crippen LogP contribution >= 0.6 is 0 Å². The lowest BCUT2D eigenvalue weighted by Crippen LogP contribution is -2.34. The Bertz CT molecular complexity index is 640. The first-order valence-corrected chi connectivity index (χ1v) is 7.29. The van der Waals surface area contributed by atoms with Gasteiger partial charge in [-0.2, -0.15) is 0 Å². The monoisotopic (exact) mass is 285 g/mol. The molecule has 2 bridgehead atoms. The van der Waals surface area contributed by atoms with E-state index in [4.69, 9.17) is 0 Å². The Morgan fingerprint density at radius 3 is 2.19 bits per heavy atom. The Balaban J connectivity index is 1.79. The van der Waals surface area contributed by atoms with Crippen LogP contribution in [0.15, 0.2) is 24.3 Å². The van der Waals surface area contributed by atoms with Crippen LogP contribution in [0.1, 0.15) is 29.6 Å². The van der Waals surface area contributed by atoms with Crippen molar-refractivity contribution in [2.45, 2.75) is 19.3 Å². The van der Waals surface area contributed by atoms with Crippen molar-refractivity contribution >= 4 is 23.5 Å². The van der Waals surface area contributed by atoms with Gasteiger partial charge in [0.15, 0.2) is 0 Å². The maximum Gasteiger partial charge on any atom is 0.337 e. The molecule has 0 unspecified atom stereocenters. The fraction of sp³-hybridized carbons (Fsp3) is 0.438. The van der Waals surface area contributed by atoms with E-state index in [1.807, 2.05) is 0 Å². The maximum atomic E-state index is 12.7. The first-order valence-electron chi connectivity index (χ1n) is 7.29. The molecule has 5 heteroatoms. The summed E-state index contributed by atoms with van der Waals surface area (Å²) in [6, 6.07) is 6.23. The summed E-state index contributed by atoms with van der Waals surface area (Å²) in [5.74, 6) is -1.36. The number of amides is 2. The highest BCUT2D eigenvalue weighted by Crippen LogP contribution is 2.56. The molecule has 1 aromatic rings. The second kappa shape index (κ2) is 4.16. The number of carbonyl (C=O) groups is 3. The number of hydrogen-bond donors (Lipinski definition) is 1. The average molecular weight is 285 g/mol. The molecule has 1 aliphatic heterocycles. The molecule has 4 atom stereocenters. The van der Waals surface area contributed by atoms with E-state index in [9.17, 15) is 19.5 Å². The predicted molar refractivity (Wildman–Crippen MR) is 73.7 cm³/mol. The largest absolute Gasteiger partial charge is 0.478 e. The first-order chi connectivity index (χ1) is 10.1. The zero-order valence-corrected chi connectivity index (χ0v) is 11.4. The highest BCUT2D eigenvalue weighted by molar-refractivity contribution is 6.24. The average Bonchev–Trinajstić information content (AvgIpc) is 3.13. The number of rotatable bonds is 2. The second-order valence-electron chi connectivity index (χ2n) is 6.22. The van der Waals surface area contributed by atoms with Gasteiger partial charge in [0.25, 0.3) is 0 Å². The van der Waals surface area contributed by atoms with Crippen molar-refractivity contribution in [2.75, 3.05) is 4.90 Å². The van der Waals surface area contributed by atoms with E-state index >= 15 is 0 Å². The lowest BCUT2D eigenvalue weighted by atomic mass is 9.81. The molecule has 1 N–H and O–H groups in total. The lowest BCUT2D eigenvalue weighted by molar-refractivity contribution is -0.123. The first kappa shape index (κ1) is 12.6. The third-order valence-corrected chi connectivity index (χ3v) is 5.30. The van der Waals surface area contributed by atoms with Gasteiger partial charge in [0.1, 0.15) is 0 Å². The van der Waals surface area contributed by atoms with Crippen LogP contribution in [0, 0.1) is 23.7 Å². The van der Waals surface area contributed by atoms with E-state index in [0.29, 0.717) is 11.8 Å². The van der Waals surface area contributed by atoms with Crippen LogP contribution in [0.3, 0.4) is 0 Å². The fourth-order valence-corrected chi connectivity index (χ4v) is 4.50. The van der Waals surface area contributed by atoms with Crippen LogP contribution in [-0.4, -0.2) is 22.9 Å². The molecule has 3 aliphatic rings. The van der Waals surface area contributed by atoms with E-state index < -0.39 is 5.97 Å². The summed E-state index contributed by atoms with van der Waals surface area (Å²) in [5, 5.41) is 9.27. The third-order valence-electron chi connectivity index (χ3n) is 5.30. The van der Waals surface area contributed by atoms with Crippen molar-refractivity contribution in [1.82, 2.24) is 0 Å². The molecule has 0 aromatic heterocycles. The molecule has 21 heavy (non-hydrogen) atoms. The number of hydrogen-bond acceptors (Lipinski definition) is 3. The summed E-state index contributed by atoms with van der Waals surface area (Å²) in [6.45, 7) is 0. The number of nitrogens with zero attached hydrogens (tertiary/aromatic N) is 1. The van der Waals surface area contributed by atoms with Crippen LogP contribution in [0.2, 0.25) is 0 Å². The summed E-state index contributed by atoms with van der Waals surface area (Å²) in [6.07, 6.45) is 3.00. The zero-order chi connectivity index (χ0) is 14.7. The summed E-state index contributed by atoms with van der Waals surface area (Å²) in [5.41, 5.74) is 0.223. The van der Waals surface area contributed by atoms with E-state index in [2.05, 4.69) is 0 Å². The summed E-state index contributed by atoms with van der Waals surface area (Å²) in [7, 11) is 0. The van der Waals surface area contributed by atoms with Gasteiger partial charge in [-0.3, -0.25) is 9.59 Å². The molecular formula is C16H15NO4. The van der Waals surface area contributed by atoms with Gasteiger partial charge in [-0.25, -0.2) is 9.69 Å². The minimum Gasteiger partial charge on any atom is -0.478 e. The van der Waals surface area contributed by atoms with Gasteiger partial charge >= 0.3 is 5.97 Å². The number of para-hydroxylation sites is 1. The van der Waals surface area contributed by atoms with Crippen molar-refractivity contribution in [3.8, 4) is 0 Å². The lowest BCUT2D eigenvalue weighted by Gasteiger charge is -2.19. The van der Waals surface area contributed by atoms with Gasteiger partial charge in [0, 0.05) is 0 Å². The van der Waals surface area contributed by atoms with Crippen molar-refractivity contribution in [3.05, 3.63) is 29.8 Å². The second-order valence-corrected chi connectivity index (χ2v) is 6.22. The number of aromatic carboxylic acids is 1. The van der Waals surface area contributed by atoms with Crippen LogP contribution in [0.25, 0.3) is 0 Å². The van der Waals surface area contributed by atoms with Gasteiger partial charge < -0.3 is 5.11 Å². The van der Waals surface area contributed by atoms with Gasteiger partial charge in [0.05, 0.1) is 23.1 Å². The number of carboxylic acids is 1. The highest BCUT2D eigenvalue weighted by Gasteiger charge is 2.61. The van der Waals surface area contributed by atoms with E-state index in [-0.39, 0.29) is 34.9 Å². The number of anilines is 1. The Hall–Kier alpha value is -2.17.